The highest BCUT2D eigenvalue weighted by Crippen LogP contribution is 2.32. The summed E-state index contributed by atoms with van der Waals surface area (Å²) >= 11 is 1.73. The molecule has 5 nitrogen and oxygen atoms in total. The highest BCUT2D eigenvalue weighted by atomic mass is 32.1. The topological polar surface area (TPSA) is 56.3 Å². The Morgan fingerprint density at radius 2 is 1.72 bits per heavy atom. The van der Waals surface area contributed by atoms with Crippen molar-refractivity contribution in [2.45, 2.75) is 19.9 Å². The predicted molar refractivity (Wildman–Crippen MR) is 119 cm³/mol. The molecule has 2 aromatic carbocycles. The number of methoxy groups -OCH3 is 2. The number of hydrogen-bond acceptors (Lipinski definition) is 6. The molecule has 0 spiro atoms. The Labute approximate surface area is 174 Å². The summed E-state index contributed by atoms with van der Waals surface area (Å²) in [6.07, 6.45) is 0.983. The Balaban J connectivity index is 1.69. The number of aromatic nitrogens is 2. The van der Waals surface area contributed by atoms with E-state index in [2.05, 4.69) is 18.3 Å². The number of nitrogens with zero attached hydrogens (tertiary/aromatic N) is 2. The van der Waals surface area contributed by atoms with Crippen molar-refractivity contribution in [3.05, 3.63) is 65.0 Å². The van der Waals surface area contributed by atoms with Crippen molar-refractivity contribution in [1.82, 2.24) is 9.97 Å². The van der Waals surface area contributed by atoms with Gasteiger partial charge in [-0.15, -0.1) is 11.3 Å². The van der Waals surface area contributed by atoms with Gasteiger partial charge in [-0.2, -0.15) is 0 Å². The van der Waals surface area contributed by atoms with Crippen LogP contribution in [0.3, 0.4) is 0 Å². The Hall–Kier alpha value is -3.12. The van der Waals surface area contributed by atoms with E-state index in [0.29, 0.717) is 12.3 Å². The number of fused-ring (bicyclic) bond motifs is 1. The molecule has 0 unspecified atom stereocenters. The van der Waals surface area contributed by atoms with Crippen LogP contribution in [0.25, 0.3) is 21.6 Å². The van der Waals surface area contributed by atoms with E-state index in [1.54, 1.807) is 25.6 Å². The van der Waals surface area contributed by atoms with E-state index in [1.165, 1.54) is 4.88 Å². The van der Waals surface area contributed by atoms with Crippen molar-refractivity contribution in [3.8, 4) is 22.9 Å². The quantitative estimate of drug-likeness (QED) is 0.437. The average Bonchev–Trinajstić information content (AvgIpc) is 3.21. The molecular weight excluding hydrogens is 382 g/mol. The van der Waals surface area contributed by atoms with Crippen LogP contribution in [0.15, 0.2) is 54.6 Å². The van der Waals surface area contributed by atoms with Gasteiger partial charge in [-0.1, -0.05) is 43.3 Å². The Morgan fingerprint density at radius 1 is 0.931 bits per heavy atom. The second-order valence-corrected chi connectivity index (χ2v) is 7.71. The second kappa shape index (κ2) is 8.49. The first-order chi connectivity index (χ1) is 14.2. The first-order valence-corrected chi connectivity index (χ1v) is 10.3. The maximum absolute atomic E-state index is 5.42. The highest BCUT2D eigenvalue weighted by molar-refractivity contribution is 7.18. The summed E-state index contributed by atoms with van der Waals surface area (Å²) in [4.78, 5) is 12.0. The first-order valence-electron chi connectivity index (χ1n) is 9.52. The minimum Gasteiger partial charge on any atom is -0.493 e. The van der Waals surface area contributed by atoms with Gasteiger partial charge in [0.15, 0.2) is 17.3 Å². The molecule has 0 atom stereocenters. The lowest BCUT2D eigenvalue weighted by atomic mass is 10.2. The third-order valence-corrected chi connectivity index (χ3v) is 5.91. The van der Waals surface area contributed by atoms with Crippen LogP contribution < -0.4 is 14.8 Å². The summed E-state index contributed by atoms with van der Waals surface area (Å²) in [5.41, 5.74) is 2.09. The van der Waals surface area contributed by atoms with Gasteiger partial charge in [0.05, 0.1) is 19.6 Å². The largest absolute Gasteiger partial charge is 0.493 e. The second-order valence-electron chi connectivity index (χ2n) is 6.59. The molecule has 4 aromatic rings. The molecule has 2 aromatic heterocycles. The monoisotopic (exact) mass is 405 g/mol. The van der Waals surface area contributed by atoms with Crippen molar-refractivity contribution in [2.75, 3.05) is 19.5 Å². The van der Waals surface area contributed by atoms with Crippen molar-refractivity contribution in [3.63, 3.8) is 0 Å². The van der Waals surface area contributed by atoms with Crippen LogP contribution in [-0.4, -0.2) is 24.2 Å². The number of rotatable bonds is 7. The van der Waals surface area contributed by atoms with E-state index in [4.69, 9.17) is 19.4 Å². The molecule has 4 rings (SSSR count). The normalized spacial score (nSPS) is 10.9. The van der Waals surface area contributed by atoms with Gasteiger partial charge < -0.3 is 14.8 Å². The van der Waals surface area contributed by atoms with E-state index >= 15 is 0 Å². The molecule has 0 aliphatic rings. The predicted octanol–water partition coefficient (Wildman–Crippen LogP) is 5.55. The Morgan fingerprint density at radius 3 is 2.45 bits per heavy atom. The van der Waals surface area contributed by atoms with Gasteiger partial charge in [-0.05, 0) is 30.2 Å². The zero-order valence-corrected chi connectivity index (χ0v) is 17.5. The molecule has 0 aliphatic heterocycles. The van der Waals surface area contributed by atoms with Crippen LogP contribution in [0.4, 0.5) is 5.82 Å². The molecule has 0 bridgehead atoms. The molecule has 0 saturated carbocycles. The minimum absolute atomic E-state index is 0.623. The third-order valence-electron chi connectivity index (χ3n) is 4.73. The Bertz CT molecular complexity index is 1130. The third kappa shape index (κ3) is 4.03. The maximum atomic E-state index is 5.42. The molecule has 0 fully saturated rings. The number of anilines is 1. The van der Waals surface area contributed by atoms with Crippen molar-refractivity contribution in [1.29, 1.82) is 0 Å². The van der Waals surface area contributed by atoms with E-state index < -0.39 is 0 Å². The van der Waals surface area contributed by atoms with Crippen molar-refractivity contribution >= 4 is 27.4 Å². The SMILES string of the molecule is CCc1cc2c(NCc3ccc(OC)c(OC)c3)nc(-c3ccccc3)nc2s1. The van der Waals surface area contributed by atoms with Gasteiger partial charge in [0, 0.05) is 17.0 Å². The summed E-state index contributed by atoms with van der Waals surface area (Å²) in [7, 11) is 3.28. The van der Waals surface area contributed by atoms with E-state index in [9.17, 15) is 0 Å². The van der Waals surface area contributed by atoms with E-state index in [-0.39, 0.29) is 0 Å². The van der Waals surface area contributed by atoms with Gasteiger partial charge in [-0.25, -0.2) is 9.97 Å². The van der Waals surface area contributed by atoms with Crippen LogP contribution in [0, 0.1) is 0 Å². The van der Waals surface area contributed by atoms with Gasteiger partial charge in [0.1, 0.15) is 10.6 Å². The molecule has 1 N–H and O–H groups in total. The van der Waals surface area contributed by atoms with Gasteiger partial charge in [-0.3, -0.25) is 0 Å². The molecule has 0 amide bonds. The smallest absolute Gasteiger partial charge is 0.163 e. The Kier molecular flexibility index (Phi) is 5.62. The van der Waals surface area contributed by atoms with Crippen molar-refractivity contribution < 1.29 is 9.47 Å². The zero-order chi connectivity index (χ0) is 20.2. The summed E-state index contributed by atoms with van der Waals surface area (Å²) in [6.45, 7) is 2.78. The summed E-state index contributed by atoms with van der Waals surface area (Å²) < 4.78 is 10.7. The van der Waals surface area contributed by atoms with Crippen LogP contribution in [0.5, 0.6) is 11.5 Å². The van der Waals surface area contributed by atoms with E-state index in [0.717, 1.165) is 45.2 Å². The lowest BCUT2D eigenvalue weighted by molar-refractivity contribution is 0.354. The zero-order valence-electron chi connectivity index (χ0n) is 16.7. The minimum atomic E-state index is 0.623. The lowest BCUT2D eigenvalue weighted by Gasteiger charge is -2.12. The molecule has 0 radical (unpaired) electrons. The number of hydrogen-bond donors (Lipinski definition) is 1. The molecule has 29 heavy (non-hydrogen) atoms. The van der Waals surface area contributed by atoms with Crippen LogP contribution in [-0.2, 0) is 13.0 Å². The van der Waals surface area contributed by atoms with Gasteiger partial charge >= 0.3 is 0 Å². The molecular formula is C23H23N3O2S. The number of benzene rings is 2. The summed E-state index contributed by atoms with van der Waals surface area (Å²) in [5.74, 6) is 3.02. The molecule has 2 heterocycles. The summed E-state index contributed by atoms with van der Waals surface area (Å²) in [5, 5.41) is 4.56. The van der Waals surface area contributed by atoms with Crippen molar-refractivity contribution in [2.24, 2.45) is 0 Å². The fraction of sp³-hybridized carbons (Fsp3) is 0.217. The number of nitrogens with one attached hydrogen (secondary N) is 1. The molecule has 6 heteroatoms. The number of aryl methyl sites for hydroxylation is 1. The van der Waals surface area contributed by atoms with E-state index in [1.807, 2.05) is 48.5 Å². The summed E-state index contributed by atoms with van der Waals surface area (Å²) in [6, 6.07) is 18.2. The fourth-order valence-electron chi connectivity index (χ4n) is 3.17. The maximum Gasteiger partial charge on any atom is 0.163 e. The van der Waals surface area contributed by atoms with Crippen LogP contribution in [0.1, 0.15) is 17.4 Å². The van der Waals surface area contributed by atoms with Crippen LogP contribution >= 0.6 is 11.3 Å². The van der Waals surface area contributed by atoms with Crippen LogP contribution in [0.2, 0.25) is 0 Å². The first kappa shape index (κ1) is 19.2. The average molecular weight is 406 g/mol. The molecule has 0 saturated heterocycles. The molecule has 0 aliphatic carbocycles. The standard InChI is InChI=1S/C23H23N3O2S/c1-4-17-13-18-22(24-14-15-10-11-19(27-2)20(12-15)28-3)25-21(26-23(18)29-17)16-8-6-5-7-9-16/h5-13H,4,14H2,1-3H3,(H,24,25,26). The number of thiophene rings is 1. The fourth-order valence-corrected chi connectivity index (χ4v) is 4.14. The highest BCUT2D eigenvalue weighted by Gasteiger charge is 2.13. The van der Waals surface area contributed by atoms with Gasteiger partial charge in [0.2, 0.25) is 0 Å². The number of ether oxygens (including phenoxy) is 2. The van der Waals surface area contributed by atoms with Gasteiger partial charge in [0.25, 0.3) is 0 Å². The molecule has 148 valence electrons. The lowest BCUT2D eigenvalue weighted by Crippen LogP contribution is -2.04.